The second-order valence-corrected chi connectivity index (χ2v) is 5.36. The van der Waals surface area contributed by atoms with Gasteiger partial charge in [-0.25, -0.2) is 0 Å². The van der Waals surface area contributed by atoms with Crippen molar-refractivity contribution in [3.8, 4) is 0 Å². The van der Waals surface area contributed by atoms with Gasteiger partial charge in [0.1, 0.15) is 0 Å². The molecule has 1 aromatic carbocycles. The molecule has 0 radical (unpaired) electrons. The van der Waals surface area contributed by atoms with Crippen molar-refractivity contribution >= 4 is 10.9 Å². The van der Waals surface area contributed by atoms with Crippen LogP contribution in [0.5, 0.6) is 0 Å². The van der Waals surface area contributed by atoms with Gasteiger partial charge in [0.25, 0.3) is 0 Å². The van der Waals surface area contributed by atoms with Crippen LogP contribution in [0.3, 0.4) is 0 Å². The van der Waals surface area contributed by atoms with Crippen molar-refractivity contribution in [1.82, 2.24) is 10.3 Å². The number of nitrogens with one attached hydrogen (secondary N) is 1. The molecule has 0 saturated heterocycles. The molecular formula is C16H20N2. The summed E-state index contributed by atoms with van der Waals surface area (Å²) in [7, 11) is 2.08. The second-order valence-electron chi connectivity index (χ2n) is 5.36. The highest BCUT2D eigenvalue weighted by molar-refractivity contribution is 5.81. The van der Waals surface area contributed by atoms with Gasteiger partial charge in [0, 0.05) is 17.6 Å². The van der Waals surface area contributed by atoms with Crippen LogP contribution < -0.4 is 5.32 Å². The van der Waals surface area contributed by atoms with E-state index in [9.17, 15) is 0 Å². The molecular weight excluding hydrogens is 220 g/mol. The van der Waals surface area contributed by atoms with Crippen LogP contribution in [0.4, 0.5) is 0 Å². The van der Waals surface area contributed by atoms with Gasteiger partial charge in [-0.05, 0) is 56.3 Å². The number of para-hydroxylation sites is 1. The third-order valence-corrected chi connectivity index (χ3v) is 4.20. The molecule has 94 valence electrons. The van der Waals surface area contributed by atoms with Crippen LogP contribution in [0.15, 0.2) is 36.5 Å². The van der Waals surface area contributed by atoms with Crippen molar-refractivity contribution in [3.63, 3.8) is 0 Å². The summed E-state index contributed by atoms with van der Waals surface area (Å²) < 4.78 is 0. The van der Waals surface area contributed by atoms with Crippen molar-refractivity contribution in [3.05, 3.63) is 42.1 Å². The van der Waals surface area contributed by atoms with E-state index < -0.39 is 0 Å². The van der Waals surface area contributed by atoms with Crippen LogP contribution in [-0.4, -0.2) is 18.1 Å². The highest BCUT2D eigenvalue weighted by Gasteiger charge is 2.23. The number of fused-ring (bicyclic) bond motifs is 1. The maximum Gasteiger partial charge on any atom is 0.0704 e. The summed E-state index contributed by atoms with van der Waals surface area (Å²) in [5.41, 5.74) is 2.58. The Morgan fingerprint density at radius 3 is 2.94 bits per heavy atom. The molecule has 2 aromatic rings. The van der Waals surface area contributed by atoms with Crippen LogP contribution in [0.1, 0.15) is 24.8 Å². The lowest BCUT2D eigenvalue weighted by molar-refractivity contribution is 0.511. The Hall–Kier alpha value is -1.41. The molecule has 1 aliphatic carbocycles. The van der Waals surface area contributed by atoms with E-state index in [1.807, 2.05) is 6.20 Å². The minimum absolute atomic E-state index is 0.725. The number of hydrogen-bond acceptors (Lipinski definition) is 2. The molecule has 18 heavy (non-hydrogen) atoms. The van der Waals surface area contributed by atoms with Crippen molar-refractivity contribution in [1.29, 1.82) is 0 Å². The van der Waals surface area contributed by atoms with Crippen LogP contribution in [0.25, 0.3) is 10.9 Å². The molecule has 2 heteroatoms. The first-order valence-corrected chi connectivity index (χ1v) is 6.86. The van der Waals surface area contributed by atoms with E-state index in [-0.39, 0.29) is 0 Å². The Morgan fingerprint density at radius 1 is 1.22 bits per heavy atom. The fourth-order valence-corrected chi connectivity index (χ4v) is 3.17. The van der Waals surface area contributed by atoms with E-state index in [4.69, 9.17) is 0 Å². The zero-order valence-corrected chi connectivity index (χ0v) is 10.9. The molecule has 2 nitrogen and oxygen atoms in total. The minimum Gasteiger partial charge on any atom is -0.317 e. The van der Waals surface area contributed by atoms with Gasteiger partial charge in [0.15, 0.2) is 0 Å². The number of aromatic nitrogens is 1. The molecule has 1 heterocycles. The van der Waals surface area contributed by atoms with E-state index in [0.717, 1.165) is 17.5 Å². The van der Waals surface area contributed by atoms with Crippen LogP contribution in [0, 0.1) is 5.92 Å². The first kappa shape index (κ1) is 11.7. The van der Waals surface area contributed by atoms with Gasteiger partial charge in [-0.3, -0.25) is 4.98 Å². The van der Waals surface area contributed by atoms with Gasteiger partial charge in [-0.15, -0.1) is 0 Å². The molecule has 0 spiro atoms. The van der Waals surface area contributed by atoms with Gasteiger partial charge < -0.3 is 5.32 Å². The topological polar surface area (TPSA) is 24.9 Å². The standard InChI is InChI=1S/C16H20N2/c1-17-14-7-6-12(11-14)10-13-8-9-18-16-5-3-2-4-15(13)16/h2-5,8-9,12,14,17H,6-7,10-11H2,1H3. The second kappa shape index (κ2) is 5.07. The first-order chi connectivity index (χ1) is 8.86. The fourth-order valence-electron chi connectivity index (χ4n) is 3.17. The molecule has 1 fully saturated rings. The number of rotatable bonds is 3. The number of benzene rings is 1. The number of hydrogen-bond donors (Lipinski definition) is 1. The summed E-state index contributed by atoms with van der Waals surface area (Å²) >= 11 is 0. The van der Waals surface area contributed by atoms with E-state index >= 15 is 0 Å². The zero-order valence-electron chi connectivity index (χ0n) is 10.9. The van der Waals surface area contributed by atoms with E-state index in [2.05, 4.69) is 47.7 Å². The highest BCUT2D eigenvalue weighted by Crippen LogP contribution is 2.30. The Kier molecular flexibility index (Phi) is 3.28. The van der Waals surface area contributed by atoms with Crippen molar-refractivity contribution < 1.29 is 0 Å². The Balaban J connectivity index is 1.83. The zero-order chi connectivity index (χ0) is 12.4. The highest BCUT2D eigenvalue weighted by atomic mass is 14.9. The molecule has 1 N–H and O–H groups in total. The number of pyridine rings is 1. The van der Waals surface area contributed by atoms with E-state index in [1.165, 1.54) is 36.6 Å². The molecule has 2 unspecified atom stereocenters. The molecule has 3 rings (SSSR count). The van der Waals surface area contributed by atoms with Crippen LogP contribution >= 0.6 is 0 Å². The summed E-state index contributed by atoms with van der Waals surface area (Å²) in [5.74, 6) is 0.827. The average molecular weight is 240 g/mol. The van der Waals surface area contributed by atoms with E-state index in [1.54, 1.807) is 0 Å². The third-order valence-electron chi connectivity index (χ3n) is 4.20. The van der Waals surface area contributed by atoms with Gasteiger partial charge in [0.2, 0.25) is 0 Å². The summed E-state index contributed by atoms with van der Waals surface area (Å²) in [6.45, 7) is 0. The summed E-state index contributed by atoms with van der Waals surface area (Å²) in [6, 6.07) is 11.4. The monoisotopic (exact) mass is 240 g/mol. The predicted molar refractivity (Wildman–Crippen MR) is 75.6 cm³/mol. The largest absolute Gasteiger partial charge is 0.317 e. The summed E-state index contributed by atoms with van der Waals surface area (Å²) in [4.78, 5) is 4.44. The summed E-state index contributed by atoms with van der Waals surface area (Å²) in [6.07, 6.45) is 7.13. The fraction of sp³-hybridized carbons (Fsp3) is 0.438. The van der Waals surface area contributed by atoms with Crippen LogP contribution in [-0.2, 0) is 6.42 Å². The SMILES string of the molecule is CNC1CCC(Cc2ccnc3ccccc23)C1. The van der Waals surface area contributed by atoms with Crippen molar-refractivity contribution in [2.75, 3.05) is 7.05 Å². The quantitative estimate of drug-likeness (QED) is 0.891. The molecule has 0 bridgehead atoms. The Bertz CT molecular complexity index is 530. The third kappa shape index (κ3) is 2.25. The van der Waals surface area contributed by atoms with Crippen molar-refractivity contribution in [2.45, 2.75) is 31.7 Å². The Labute approximate surface area is 108 Å². The molecule has 1 aromatic heterocycles. The predicted octanol–water partition coefficient (Wildman–Crippen LogP) is 3.17. The van der Waals surface area contributed by atoms with E-state index in [0.29, 0.717) is 0 Å². The number of nitrogens with zero attached hydrogens (tertiary/aromatic N) is 1. The minimum atomic E-state index is 0.725. The molecule has 1 aliphatic rings. The smallest absolute Gasteiger partial charge is 0.0704 e. The van der Waals surface area contributed by atoms with Crippen LogP contribution in [0.2, 0.25) is 0 Å². The lowest BCUT2D eigenvalue weighted by Crippen LogP contribution is -2.21. The lowest BCUT2D eigenvalue weighted by Gasteiger charge is -2.12. The molecule has 0 aliphatic heterocycles. The molecule has 0 amide bonds. The molecule has 2 atom stereocenters. The maximum absolute atomic E-state index is 4.44. The normalized spacial score (nSPS) is 23.6. The van der Waals surface area contributed by atoms with Gasteiger partial charge in [0.05, 0.1) is 5.52 Å². The van der Waals surface area contributed by atoms with Gasteiger partial charge in [-0.1, -0.05) is 18.2 Å². The summed E-state index contributed by atoms with van der Waals surface area (Å²) in [5, 5.41) is 4.73. The van der Waals surface area contributed by atoms with Gasteiger partial charge >= 0.3 is 0 Å². The van der Waals surface area contributed by atoms with Crippen molar-refractivity contribution in [2.24, 2.45) is 5.92 Å². The maximum atomic E-state index is 4.44. The lowest BCUT2D eigenvalue weighted by atomic mass is 9.95. The van der Waals surface area contributed by atoms with Gasteiger partial charge in [-0.2, -0.15) is 0 Å². The molecule has 1 saturated carbocycles. The first-order valence-electron chi connectivity index (χ1n) is 6.86. The average Bonchev–Trinajstić information content (AvgIpc) is 2.87. The Morgan fingerprint density at radius 2 is 2.11 bits per heavy atom.